The van der Waals surface area contributed by atoms with Gasteiger partial charge in [0.2, 0.25) is 0 Å². The summed E-state index contributed by atoms with van der Waals surface area (Å²) in [7, 11) is 1.59. The third kappa shape index (κ3) is 4.42. The van der Waals surface area contributed by atoms with E-state index < -0.39 is 11.5 Å². The van der Waals surface area contributed by atoms with Gasteiger partial charge in [-0.15, -0.1) is 0 Å². The molecule has 2 N–H and O–H groups in total. The van der Waals surface area contributed by atoms with Crippen LogP contribution in [-0.4, -0.2) is 31.8 Å². The summed E-state index contributed by atoms with van der Waals surface area (Å²) in [6.45, 7) is 6.00. The van der Waals surface area contributed by atoms with Crippen molar-refractivity contribution >= 4 is 5.97 Å². The Morgan fingerprint density at radius 2 is 2.05 bits per heavy atom. The Bertz CT molecular complexity index is 457. The largest absolute Gasteiger partial charge is 0.493 e. The zero-order valence-electron chi connectivity index (χ0n) is 12.6. The summed E-state index contributed by atoms with van der Waals surface area (Å²) in [4.78, 5) is 11.6. The van der Waals surface area contributed by atoms with Gasteiger partial charge in [0, 0.05) is 6.42 Å². The molecule has 0 aromatic heterocycles. The number of hydrogen-bond donors (Lipinski definition) is 1. The molecule has 0 saturated heterocycles. The summed E-state index contributed by atoms with van der Waals surface area (Å²) < 4.78 is 15.8. The van der Waals surface area contributed by atoms with Crippen molar-refractivity contribution in [1.29, 1.82) is 0 Å². The van der Waals surface area contributed by atoms with Crippen LogP contribution in [0.3, 0.4) is 0 Å². The van der Waals surface area contributed by atoms with E-state index in [4.69, 9.17) is 19.9 Å². The van der Waals surface area contributed by atoms with Crippen molar-refractivity contribution in [2.75, 3.05) is 20.3 Å². The van der Waals surface area contributed by atoms with Gasteiger partial charge in [0.05, 0.1) is 20.3 Å². The molecule has 0 fully saturated rings. The van der Waals surface area contributed by atoms with Gasteiger partial charge in [-0.25, -0.2) is 0 Å². The molecule has 0 aliphatic heterocycles. The first-order valence-electron chi connectivity index (χ1n) is 6.64. The first-order valence-corrected chi connectivity index (χ1v) is 6.64. The maximum Gasteiger partial charge on any atom is 0.325 e. The van der Waals surface area contributed by atoms with Crippen LogP contribution < -0.4 is 15.2 Å². The molecule has 0 aliphatic carbocycles. The summed E-state index contributed by atoms with van der Waals surface area (Å²) >= 11 is 0. The number of rotatable bonds is 7. The molecule has 0 spiro atoms. The second-order valence-electron chi connectivity index (χ2n) is 4.89. The third-order valence-corrected chi connectivity index (χ3v) is 2.94. The molecule has 5 heteroatoms. The summed E-state index contributed by atoms with van der Waals surface area (Å²) in [5, 5.41) is 0. The second kappa shape index (κ2) is 7.14. The quantitative estimate of drug-likeness (QED) is 0.775. The Hall–Kier alpha value is -1.75. The van der Waals surface area contributed by atoms with Crippen LogP contribution in [-0.2, 0) is 9.53 Å². The molecular formula is C15H23NO4. The van der Waals surface area contributed by atoms with Gasteiger partial charge in [0.1, 0.15) is 5.54 Å². The van der Waals surface area contributed by atoms with Gasteiger partial charge < -0.3 is 19.9 Å². The van der Waals surface area contributed by atoms with Crippen molar-refractivity contribution in [3.8, 4) is 11.5 Å². The SMILES string of the molecule is CCOC(=O)C(C)(N)CCOc1ccc(C)cc1OC. The van der Waals surface area contributed by atoms with E-state index in [1.807, 2.05) is 25.1 Å². The lowest BCUT2D eigenvalue weighted by Crippen LogP contribution is -2.47. The van der Waals surface area contributed by atoms with Gasteiger partial charge in [-0.1, -0.05) is 6.07 Å². The average Bonchev–Trinajstić information content (AvgIpc) is 2.40. The van der Waals surface area contributed by atoms with E-state index >= 15 is 0 Å². The molecule has 1 atom stereocenters. The van der Waals surface area contributed by atoms with E-state index in [0.717, 1.165) is 5.56 Å². The maximum atomic E-state index is 11.6. The van der Waals surface area contributed by atoms with Crippen LogP contribution in [0.25, 0.3) is 0 Å². The minimum Gasteiger partial charge on any atom is -0.493 e. The van der Waals surface area contributed by atoms with E-state index in [0.29, 0.717) is 31.1 Å². The topological polar surface area (TPSA) is 70.8 Å². The normalized spacial score (nSPS) is 13.4. The highest BCUT2D eigenvalue weighted by molar-refractivity contribution is 5.79. The highest BCUT2D eigenvalue weighted by Gasteiger charge is 2.29. The van der Waals surface area contributed by atoms with E-state index in [1.165, 1.54) is 0 Å². The molecule has 0 radical (unpaired) electrons. The molecule has 0 aliphatic rings. The number of nitrogens with two attached hydrogens (primary N) is 1. The fourth-order valence-electron chi connectivity index (χ4n) is 1.67. The highest BCUT2D eigenvalue weighted by atomic mass is 16.5. The van der Waals surface area contributed by atoms with E-state index in [-0.39, 0.29) is 0 Å². The van der Waals surface area contributed by atoms with Crippen LogP contribution in [0.15, 0.2) is 18.2 Å². The lowest BCUT2D eigenvalue weighted by atomic mass is 10.0. The average molecular weight is 281 g/mol. The molecule has 1 rings (SSSR count). The van der Waals surface area contributed by atoms with Crippen molar-refractivity contribution in [2.45, 2.75) is 32.7 Å². The number of ether oxygens (including phenoxy) is 3. The van der Waals surface area contributed by atoms with Crippen molar-refractivity contribution in [3.05, 3.63) is 23.8 Å². The number of carbonyl (C=O) groups is 1. The lowest BCUT2D eigenvalue weighted by molar-refractivity contribution is -0.149. The number of esters is 1. The minimum absolute atomic E-state index is 0.311. The number of carbonyl (C=O) groups excluding carboxylic acids is 1. The van der Waals surface area contributed by atoms with Crippen LogP contribution in [0.2, 0.25) is 0 Å². The standard InChI is InChI=1S/C15H23NO4/c1-5-19-14(17)15(3,16)8-9-20-12-7-6-11(2)10-13(12)18-4/h6-7,10H,5,8-9,16H2,1-4H3. The maximum absolute atomic E-state index is 11.6. The molecule has 0 amide bonds. The van der Waals surface area contributed by atoms with Crippen molar-refractivity contribution in [3.63, 3.8) is 0 Å². The predicted octanol–water partition coefficient (Wildman–Crippen LogP) is 2.05. The Balaban J connectivity index is 2.58. The van der Waals surface area contributed by atoms with Crippen LogP contribution in [0.1, 0.15) is 25.8 Å². The molecule has 0 heterocycles. The highest BCUT2D eigenvalue weighted by Crippen LogP contribution is 2.28. The van der Waals surface area contributed by atoms with E-state index in [9.17, 15) is 4.79 Å². The molecule has 0 saturated carbocycles. The molecule has 1 unspecified atom stereocenters. The molecule has 1 aromatic carbocycles. The number of methoxy groups -OCH3 is 1. The monoisotopic (exact) mass is 281 g/mol. The Labute approximate surface area is 120 Å². The zero-order valence-corrected chi connectivity index (χ0v) is 12.6. The first kappa shape index (κ1) is 16.3. The summed E-state index contributed by atoms with van der Waals surface area (Å²) in [6, 6.07) is 5.67. The van der Waals surface area contributed by atoms with Crippen LogP contribution in [0.5, 0.6) is 11.5 Å². The summed E-state index contributed by atoms with van der Waals surface area (Å²) in [5.74, 6) is 0.886. The van der Waals surface area contributed by atoms with Gasteiger partial charge in [-0.3, -0.25) is 4.79 Å². The van der Waals surface area contributed by atoms with Crippen molar-refractivity contribution < 1.29 is 19.0 Å². The fraction of sp³-hybridized carbons (Fsp3) is 0.533. The molecule has 0 bridgehead atoms. The van der Waals surface area contributed by atoms with Crippen LogP contribution in [0.4, 0.5) is 0 Å². The van der Waals surface area contributed by atoms with Crippen LogP contribution in [0, 0.1) is 6.92 Å². The third-order valence-electron chi connectivity index (χ3n) is 2.94. The Morgan fingerprint density at radius 3 is 2.65 bits per heavy atom. The molecule has 112 valence electrons. The second-order valence-corrected chi connectivity index (χ2v) is 4.89. The minimum atomic E-state index is -1.05. The molecule has 1 aromatic rings. The van der Waals surface area contributed by atoms with Gasteiger partial charge in [0.25, 0.3) is 0 Å². The van der Waals surface area contributed by atoms with Gasteiger partial charge in [-0.05, 0) is 38.5 Å². The van der Waals surface area contributed by atoms with E-state index in [1.54, 1.807) is 21.0 Å². The van der Waals surface area contributed by atoms with Crippen LogP contribution >= 0.6 is 0 Å². The van der Waals surface area contributed by atoms with Gasteiger partial charge in [-0.2, -0.15) is 0 Å². The first-order chi connectivity index (χ1) is 9.40. The fourth-order valence-corrected chi connectivity index (χ4v) is 1.67. The predicted molar refractivity (Wildman–Crippen MR) is 77.1 cm³/mol. The Morgan fingerprint density at radius 1 is 1.35 bits per heavy atom. The number of hydrogen-bond acceptors (Lipinski definition) is 5. The number of aryl methyl sites for hydroxylation is 1. The lowest BCUT2D eigenvalue weighted by Gasteiger charge is -2.22. The molecular weight excluding hydrogens is 258 g/mol. The smallest absolute Gasteiger partial charge is 0.325 e. The zero-order chi connectivity index (χ0) is 15.2. The van der Waals surface area contributed by atoms with Crippen molar-refractivity contribution in [1.82, 2.24) is 0 Å². The Kier molecular flexibility index (Phi) is 5.82. The van der Waals surface area contributed by atoms with E-state index in [2.05, 4.69) is 0 Å². The number of benzene rings is 1. The van der Waals surface area contributed by atoms with Crippen molar-refractivity contribution in [2.24, 2.45) is 5.73 Å². The molecule has 20 heavy (non-hydrogen) atoms. The van der Waals surface area contributed by atoms with Gasteiger partial charge in [0.15, 0.2) is 11.5 Å². The summed E-state index contributed by atoms with van der Waals surface area (Å²) in [5.41, 5.74) is 5.96. The summed E-state index contributed by atoms with van der Waals surface area (Å²) in [6.07, 6.45) is 0.364. The molecule has 5 nitrogen and oxygen atoms in total. The van der Waals surface area contributed by atoms with Gasteiger partial charge >= 0.3 is 5.97 Å².